The van der Waals surface area contributed by atoms with Gasteiger partial charge < -0.3 is 4.74 Å². The van der Waals surface area contributed by atoms with E-state index in [1.54, 1.807) is 7.11 Å². The molecule has 0 saturated heterocycles. The molecule has 0 amide bonds. The van der Waals surface area contributed by atoms with Crippen LogP contribution in [0.3, 0.4) is 0 Å². The van der Waals surface area contributed by atoms with Crippen LogP contribution in [-0.4, -0.2) is 13.2 Å². The van der Waals surface area contributed by atoms with Gasteiger partial charge in [-0.25, -0.2) is 0 Å². The molecule has 14 heavy (non-hydrogen) atoms. The van der Waals surface area contributed by atoms with E-state index in [1.165, 1.54) is 5.56 Å². The minimum Gasteiger partial charge on any atom is -0.380 e. The molecule has 0 aromatic heterocycles. The van der Waals surface area contributed by atoms with Crippen LogP contribution in [0.4, 0.5) is 0 Å². The van der Waals surface area contributed by atoms with Crippen molar-refractivity contribution >= 4 is 0 Å². The number of azide groups is 1. The summed E-state index contributed by atoms with van der Waals surface area (Å²) in [5, 5.41) is 3.77. The SMILES string of the molecule is CO[C@H]1Cc2ccccc2[C@@H]1N=[N+]=[N-]. The van der Waals surface area contributed by atoms with E-state index in [1.807, 2.05) is 24.3 Å². The summed E-state index contributed by atoms with van der Waals surface area (Å²) in [5.74, 6) is 0. The van der Waals surface area contributed by atoms with Gasteiger partial charge in [0.05, 0.1) is 12.1 Å². The monoisotopic (exact) mass is 189 g/mol. The molecule has 4 nitrogen and oxygen atoms in total. The average molecular weight is 189 g/mol. The maximum absolute atomic E-state index is 8.47. The van der Waals surface area contributed by atoms with Crippen molar-refractivity contribution in [2.45, 2.75) is 18.6 Å². The Morgan fingerprint density at radius 2 is 2.29 bits per heavy atom. The molecule has 0 spiro atoms. The minimum atomic E-state index is -0.166. The lowest BCUT2D eigenvalue weighted by Gasteiger charge is -2.12. The lowest BCUT2D eigenvalue weighted by Crippen LogP contribution is -2.14. The normalized spacial score (nSPS) is 24.1. The largest absolute Gasteiger partial charge is 0.380 e. The highest BCUT2D eigenvalue weighted by Crippen LogP contribution is 2.35. The van der Waals surface area contributed by atoms with Gasteiger partial charge >= 0.3 is 0 Å². The summed E-state index contributed by atoms with van der Waals surface area (Å²) in [7, 11) is 1.65. The molecule has 1 aliphatic carbocycles. The van der Waals surface area contributed by atoms with E-state index >= 15 is 0 Å². The molecule has 0 radical (unpaired) electrons. The predicted molar refractivity (Wildman–Crippen MR) is 52.8 cm³/mol. The standard InChI is InChI=1S/C10H11N3O/c1-14-9-6-7-4-2-3-5-8(7)10(9)12-13-11/h2-5,9-10H,6H2,1H3/t9-,10-/m0/s1. The van der Waals surface area contributed by atoms with Gasteiger partial charge in [-0.1, -0.05) is 29.4 Å². The Hall–Kier alpha value is -1.51. The summed E-state index contributed by atoms with van der Waals surface area (Å²) in [6.07, 6.45) is 0.819. The van der Waals surface area contributed by atoms with Crippen LogP contribution >= 0.6 is 0 Å². The number of ether oxygens (including phenoxy) is 1. The zero-order chi connectivity index (χ0) is 9.97. The second kappa shape index (κ2) is 3.70. The molecular formula is C10H11N3O. The van der Waals surface area contributed by atoms with Crippen LogP contribution in [-0.2, 0) is 11.2 Å². The van der Waals surface area contributed by atoms with Gasteiger partial charge in [-0.05, 0) is 23.1 Å². The summed E-state index contributed by atoms with van der Waals surface area (Å²) >= 11 is 0. The number of nitrogens with zero attached hydrogens (tertiary/aromatic N) is 3. The molecule has 0 aliphatic heterocycles. The Labute approximate surface area is 82.1 Å². The highest BCUT2D eigenvalue weighted by Gasteiger charge is 2.31. The van der Waals surface area contributed by atoms with Gasteiger partial charge in [0.1, 0.15) is 0 Å². The van der Waals surface area contributed by atoms with Gasteiger partial charge in [0.15, 0.2) is 0 Å². The maximum Gasteiger partial charge on any atom is 0.0893 e. The van der Waals surface area contributed by atoms with Gasteiger partial charge in [0.2, 0.25) is 0 Å². The summed E-state index contributed by atoms with van der Waals surface area (Å²) in [6.45, 7) is 0. The quantitative estimate of drug-likeness (QED) is 0.400. The molecule has 1 aromatic rings. The predicted octanol–water partition coefficient (Wildman–Crippen LogP) is 2.61. The Bertz CT molecular complexity index is 385. The Morgan fingerprint density at radius 3 is 3.00 bits per heavy atom. The fourth-order valence-electron chi connectivity index (χ4n) is 1.94. The molecule has 4 heteroatoms. The summed E-state index contributed by atoms with van der Waals surface area (Å²) < 4.78 is 5.29. The summed E-state index contributed by atoms with van der Waals surface area (Å²) in [4.78, 5) is 2.86. The molecule has 0 N–H and O–H groups in total. The molecule has 0 fully saturated rings. The van der Waals surface area contributed by atoms with Gasteiger partial charge in [-0.15, -0.1) is 0 Å². The molecule has 2 atom stereocenters. The zero-order valence-corrected chi connectivity index (χ0v) is 7.92. The molecule has 2 rings (SSSR count). The molecular weight excluding hydrogens is 178 g/mol. The fraction of sp³-hybridized carbons (Fsp3) is 0.400. The lowest BCUT2D eigenvalue weighted by molar-refractivity contribution is 0.0908. The third-order valence-electron chi connectivity index (χ3n) is 2.63. The van der Waals surface area contributed by atoms with E-state index in [0.717, 1.165) is 12.0 Å². The van der Waals surface area contributed by atoms with Crippen molar-refractivity contribution in [3.05, 3.63) is 45.8 Å². The first-order valence-corrected chi connectivity index (χ1v) is 4.51. The van der Waals surface area contributed by atoms with Gasteiger partial charge in [0.25, 0.3) is 0 Å². The van der Waals surface area contributed by atoms with E-state index in [0.29, 0.717) is 0 Å². The first-order chi connectivity index (χ1) is 6.86. The second-order valence-corrected chi connectivity index (χ2v) is 3.33. The number of fused-ring (bicyclic) bond motifs is 1. The van der Waals surface area contributed by atoms with Crippen molar-refractivity contribution < 1.29 is 4.74 Å². The van der Waals surface area contributed by atoms with E-state index in [-0.39, 0.29) is 12.1 Å². The molecule has 0 unspecified atom stereocenters. The first kappa shape index (κ1) is 9.06. The third kappa shape index (κ3) is 1.35. The van der Waals surface area contributed by atoms with Crippen molar-refractivity contribution in [2.75, 3.05) is 7.11 Å². The molecule has 0 heterocycles. The van der Waals surface area contributed by atoms with Crippen LogP contribution in [0.1, 0.15) is 17.2 Å². The Kier molecular flexibility index (Phi) is 2.39. The third-order valence-corrected chi connectivity index (χ3v) is 2.63. The van der Waals surface area contributed by atoms with Crippen LogP contribution in [0.15, 0.2) is 29.4 Å². The van der Waals surface area contributed by atoms with E-state index in [4.69, 9.17) is 10.3 Å². The molecule has 0 bridgehead atoms. The second-order valence-electron chi connectivity index (χ2n) is 3.33. The first-order valence-electron chi connectivity index (χ1n) is 4.51. The van der Waals surface area contributed by atoms with Crippen LogP contribution in [0, 0.1) is 0 Å². The van der Waals surface area contributed by atoms with Crippen molar-refractivity contribution in [3.63, 3.8) is 0 Å². The molecule has 1 aliphatic rings. The Balaban J connectivity index is 2.41. The smallest absolute Gasteiger partial charge is 0.0893 e. The zero-order valence-electron chi connectivity index (χ0n) is 7.92. The van der Waals surface area contributed by atoms with Crippen molar-refractivity contribution in [1.82, 2.24) is 0 Å². The van der Waals surface area contributed by atoms with E-state index < -0.39 is 0 Å². The molecule has 1 aromatic carbocycles. The number of hydrogen-bond donors (Lipinski definition) is 0. The molecule has 72 valence electrons. The highest BCUT2D eigenvalue weighted by atomic mass is 16.5. The lowest BCUT2D eigenvalue weighted by atomic mass is 10.1. The van der Waals surface area contributed by atoms with Gasteiger partial charge in [-0.3, -0.25) is 0 Å². The summed E-state index contributed by atoms with van der Waals surface area (Å²) in [5.41, 5.74) is 10.8. The number of hydrogen-bond acceptors (Lipinski definition) is 2. The topological polar surface area (TPSA) is 58.0 Å². The number of benzene rings is 1. The maximum atomic E-state index is 8.47. The van der Waals surface area contributed by atoms with Crippen LogP contribution in [0.2, 0.25) is 0 Å². The Morgan fingerprint density at radius 1 is 1.50 bits per heavy atom. The van der Waals surface area contributed by atoms with Crippen LogP contribution < -0.4 is 0 Å². The average Bonchev–Trinajstić information content (AvgIpc) is 2.58. The number of methoxy groups -OCH3 is 1. The minimum absolute atomic E-state index is 0.0108. The van der Waals surface area contributed by atoms with Crippen LogP contribution in [0.5, 0.6) is 0 Å². The molecule has 0 saturated carbocycles. The van der Waals surface area contributed by atoms with E-state index in [2.05, 4.69) is 10.0 Å². The van der Waals surface area contributed by atoms with E-state index in [9.17, 15) is 0 Å². The van der Waals surface area contributed by atoms with Crippen molar-refractivity contribution in [3.8, 4) is 0 Å². The van der Waals surface area contributed by atoms with Gasteiger partial charge in [-0.2, -0.15) is 0 Å². The van der Waals surface area contributed by atoms with Crippen molar-refractivity contribution in [2.24, 2.45) is 5.11 Å². The van der Waals surface area contributed by atoms with Gasteiger partial charge in [0, 0.05) is 12.0 Å². The van der Waals surface area contributed by atoms with Crippen LogP contribution in [0.25, 0.3) is 10.4 Å². The summed E-state index contributed by atoms with van der Waals surface area (Å²) in [6, 6.07) is 7.82. The highest BCUT2D eigenvalue weighted by molar-refractivity contribution is 5.36. The number of rotatable bonds is 2. The van der Waals surface area contributed by atoms with Crippen molar-refractivity contribution in [1.29, 1.82) is 0 Å². The fourth-order valence-corrected chi connectivity index (χ4v) is 1.94.